The van der Waals surface area contributed by atoms with Gasteiger partial charge in [0.15, 0.2) is 11.5 Å². The Morgan fingerprint density at radius 1 is 1.12 bits per heavy atom. The van der Waals surface area contributed by atoms with Crippen molar-refractivity contribution in [2.45, 2.75) is 6.42 Å². The molecule has 0 aliphatic rings. The maximum absolute atomic E-state index is 13.7. The number of para-hydroxylation sites is 2. The number of nitrogens with one attached hydrogen (secondary N) is 1. The van der Waals surface area contributed by atoms with Crippen molar-refractivity contribution in [2.24, 2.45) is 0 Å². The highest BCUT2D eigenvalue weighted by Gasteiger charge is 2.16. The van der Waals surface area contributed by atoms with Crippen LogP contribution >= 0.6 is 0 Å². The molecule has 0 saturated carbocycles. The van der Waals surface area contributed by atoms with Gasteiger partial charge in [0.25, 0.3) is 17.2 Å². The second-order valence-electron chi connectivity index (χ2n) is 5.19. The average molecular weight is 342 g/mol. The van der Waals surface area contributed by atoms with Crippen LogP contribution in [0.2, 0.25) is 0 Å². The lowest BCUT2D eigenvalue weighted by molar-refractivity contribution is 0.356. The minimum absolute atomic E-state index is 0.0322. The first kappa shape index (κ1) is 16.5. The largest absolute Gasteiger partial charge is 0.493 e. The number of aromatic amines is 1. The van der Waals surface area contributed by atoms with Crippen molar-refractivity contribution in [1.29, 1.82) is 0 Å². The molecule has 3 aromatic rings. The number of benzene rings is 2. The average Bonchev–Trinajstić information content (AvgIpc) is 2.60. The zero-order chi connectivity index (χ0) is 17.8. The number of hydrogen-bond acceptors (Lipinski definition) is 5. The lowest BCUT2D eigenvalue weighted by atomic mass is 10.1. The summed E-state index contributed by atoms with van der Waals surface area (Å²) in [7, 11) is 1.46. The van der Waals surface area contributed by atoms with Crippen molar-refractivity contribution in [3.8, 4) is 23.1 Å². The Bertz CT molecular complexity index is 956. The molecule has 0 atom stereocenters. The Morgan fingerprint density at radius 3 is 2.48 bits per heavy atom. The highest BCUT2D eigenvalue weighted by atomic mass is 19.1. The number of aromatic nitrogens is 2. The summed E-state index contributed by atoms with van der Waals surface area (Å²) in [5, 5.41) is 10.1. The van der Waals surface area contributed by atoms with Gasteiger partial charge in [0.05, 0.1) is 7.11 Å². The van der Waals surface area contributed by atoms with Crippen molar-refractivity contribution in [1.82, 2.24) is 9.97 Å². The summed E-state index contributed by atoms with van der Waals surface area (Å²) in [5.74, 6) is -0.576. The number of H-pyrrole nitrogens is 1. The van der Waals surface area contributed by atoms with Gasteiger partial charge in [-0.2, -0.15) is 4.98 Å². The fourth-order valence-corrected chi connectivity index (χ4v) is 2.31. The summed E-state index contributed by atoms with van der Waals surface area (Å²) in [6.45, 7) is 0. The van der Waals surface area contributed by atoms with Crippen molar-refractivity contribution in [3.63, 3.8) is 0 Å². The van der Waals surface area contributed by atoms with E-state index in [9.17, 15) is 14.3 Å². The van der Waals surface area contributed by atoms with E-state index in [1.54, 1.807) is 42.5 Å². The number of halogens is 1. The first-order valence-electron chi connectivity index (χ1n) is 7.45. The van der Waals surface area contributed by atoms with E-state index in [1.165, 1.54) is 13.2 Å². The molecule has 2 N–H and O–H groups in total. The SMILES string of the molecule is COc1ccccc1Oc1c(O)nc(Cc2ccccc2F)[nH]c1=O. The van der Waals surface area contributed by atoms with Crippen LogP contribution in [0.4, 0.5) is 4.39 Å². The van der Waals surface area contributed by atoms with E-state index in [4.69, 9.17) is 9.47 Å². The predicted octanol–water partition coefficient (Wildman–Crippen LogP) is 3.01. The third-order valence-electron chi connectivity index (χ3n) is 3.50. The van der Waals surface area contributed by atoms with Gasteiger partial charge < -0.3 is 19.6 Å². The highest BCUT2D eigenvalue weighted by molar-refractivity contribution is 5.44. The lowest BCUT2D eigenvalue weighted by Gasteiger charge is -2.10. The number of aromatic hydroxyl groups is 1. The Hall–Kier alpha value is -3.35. The van der Waals surface area contributed by atoms with E-state index in [0.717, 1.165) is 0 Å². The summed E-state index contributed by atoms with van der Waals surface area (Å²) in [4.78, 5) is 18.6. The molecule has 0 unspecified atom stereocenters. The number of hydrogen-bond donors (Lipinski definition) is 2. The summed E-state index contributed by atoms with van der Waals surface area (Å²) >= 11 is 0. The number of rotatable bonds is 5. The first-order chi connectivity index (χ1) is 12.1. The van der Waals surface area contributed by atoms with Crippen LogP contribution < -0.4 is 15.0 Å². The molecule has 25 heavy (non-hydrogen) atoms. The Labute approximate surface area is 142 Å². The van der Waals surface area contributed by atoms with E-state index < -0.39 is 17.3 Å². The van der Waals surface area contributed by atoms with E-state index >= 15 is 0 Å². The number of nitrogens with zero attached hydrogens (tertiary/aromatic N) is 1. The summed E-state index contributed by atoms with van der Waals surface area (Å²) in [5.41, 5.74) is -0.326. The molecule has 0 spiro atoms. The zero-order valence-electron chi connectivity index (χ0n) is 13.3. The third-order valence-corrected chi connectivity index (χ3v) is 3.50. The minimum atomic E-state index is -0.676. The van der Waals surface area contributed by atoms with E-state index in [2.05, 4.69) is 9.97 Å². The lowest BCUT2D eigenvalue weighted by Crippen LogP contribution is -2.14. The van der Waals surface area contributed by atoms with E-state index in [0.29, 0.717) is 11.3 Å². The minimum Gasteiger partial charge on any atom is -0.493 e. The second kappa shape index (κ2) is 7.04. The standard InChI is InChI=1S/C18H15FN2O4/c1-24-13-8-4-5-9-14(13)25-16-17(22)20-15(21-18(16)23)10-11-6-2-3-7-12(11)19/h2-9H,10H2,1H3,(H2,20,21,22,23). The summed E-state index contributed by atoms with van der Waals surface area (Å²) in [6, 6.07) is 12.8. The molecule has 3 rings (SSSR count). The first-order valence-corrected chi connectivity index (χ1v) is 7.45. The van der Waals surface area contributed by atoms with Crippen LogP contribution in [-0.2, 0) is 6.42 Å². The van der Waals surface area contributed by atoms with Crippen LogP contribution in [0.5, 0.6) is 23.1 Å². The quantitative estimate of drug-likeness (QED) is 0.745. The van der Waals surface area contributed by atoms with Gasteiger partial charge in [-0.05, 0) is 23.8 Å². The normalized spacial score (nSPS) is 10.5. The van der Waals surface area contributed by atoms with Crippen LogP contribution in [0.3, 0.4) is 0 Å². The molecular formula is C18H15FN2O4. The molecule has 1 aromatic heterocycles. The molecule has 6 nitrogen and oxygen atoms in total. The van der Waals surface area contributed by atoms with Crippen molar-refractivity contribution < 1.29 is 19.0 Å². The zero-order valence-corrected chi connectivity index (χ0v) is 13.3. The van der Waals surface area contributed by atoms with Gasteiger partial charge in [-0.1, -0.05) is 30.3 Å². The van der Waals surface area contributed by atoms with Gasteiger partial charge in [-0.25, -0.2) is 4.39 Å². The molecule has 0 bridgehead atoms. The molecule has 0 aliphatic heterocycles. The number of ether oxygens (including phenoxy) is 2. The molecular weight excluding hydrogens is 327 g/mol. The molecule has 0 saturated heterocycles. The molecule has 2 aromatic carbocycles. The van der Waals surface area contributed by atoms with Crippen LogP contribution in [0.1, 0.15) is 11.4 Å². The summed E-state index contributed by atoms with van der Waals surface area (Å²) < 4.78 is 24.3. The fraction of sp³-hybridized carbons (Fsp3) is 0.111. The Kier molecular flexibility index (Phi) is 4.65. The maximum atomic E-state index is 13.7. The Balaban J connectivity index is 1.91. The maximum Gasteiger partial charge on any atom is 0.298 e. The molecule has 0 amide bonds. The summed E-state index contributed by atoms with van der Waals surface area (Å²) in [6.07, 6.45) is 0.0322. The monoisotopic (exact) mass is 342 g/mol. The van der Waals surface area contributed by atoms with Crippen molar-refractivity contribution in [2.75, 3.05) is 7.11 Å². The molecule has 0 fully saturated rings. The van der Waals surface area contributed by atoms with Crippen LogP contribution in [-0.4, -0.2) is 22.2 Å². The fourth-order valence-electron chi connectivity index (χ4n) is 2.31. The molecule has 7 heteroatoms. The van der Waals surface area contributed by atoms with Gasteiger partial charge >= 0.3 is 0 Å². The molecule has 0 aliphatic carbocycles. The van der Waals surface area contributed by atoms with Crippen molar-refractivity contribution in [3.05, 3.63) is 76.1 Å². The van der Waals surface area contributed by atoms with Gasteiger partial charge in [0.1, 0.15) is 11.6 Å². The number of methoxy groups -OCH3 is 1. The molecule has 128 valence electrons. The third kappa shape index (κ3) is 3.60. The van der Waals surface area contributed by atoms with Gasteiger partial charge in [0.2, 0.25) is 0 Å². The highest BCUT2D eigenvalue weighted by Crippen LogP contribution is 2.32. The molecule has 0 radical (unpaired) electrons. The van der Waals surface area contributed by atoms with E-state index in [1.807, 2.05) is 0 Å². The smallest absolute Gasteiger partial charge is 0.298 e. The van der Waals surface area contributed by atoms with Gasteiger partial charge in [-0.3, -0.25) is 4.79 Å². The van der Waals surface area contributed by atoms with Crippen molar-refractivity contribution >= 4 is 0 Å². The topological polar surface area (TPSA) is 84.4 Å². The van der Waals surface area contributed by atoms with E-state index in [-0.39, 0.29) is 23.7 Å². The van der Waals surface area contributed by atoms with Crippen LogP contribution in [0, 0.1) is 5.82 Å². The second-order valence-corrected chi connectivity index (χ2v) is 5.19. The van der Waals surface area contributed by atoms with Crippen LogP contribution in [0.25, 0.3) is 0 Å². The van der Waals surface area contributed by atoms with Gasteiger partial charge in [0, 0.05) is 6.42 Å². The van der Waals surface area contributed by atoms with Crippen LogP contribution in [0.15, 0.2) is 53.3 Å². The Morgan fingerprint density at radius 2 is 1.80 bits per heavy atom. The molecule has 1 heterocycles. The van der Waals surface area contributed by atoms with Gasteiger partial charge in [-0.15, -0.1) is 0 Å². The predicted molar refractivity (Wildman–Crippen MR) is 88.8 cm³/mol.